The van der Waals surface area contributed by atoms with Gasteiger partial charge in [0.1, 0.15) is 11.9 Å². The molecule has 0 saturated carbocycles. The number of aliphatic hydroxyl groups is 1. The zero-order valence-corrected chi connectivity index (χ0v) is 8.59. The smallest absolute Gasteiger partial charge is 0.334 e. The second-order valence-electron chi connectivity index (χ2n) is 3.82. The molecule has 0 bridgehead atoms. The van der Waals surface area contributed by atoms with Crippen LogP contribution in [0.1, 0.15) is 12.8 Å². The Bertz CT molecular complexity index is 440. The molecular formula is C12H11NO3. The number of nitriles is 1. The van der Waals surface area contributed by atoms with E-state index in [9.17, 15) is 9.90 Å². The predicted molar refractivity (Wildman–Crippen MR) is 56.2 cm³/mol. The maximum atomic E-state index is 11.1. The zero-order chi connectivity index (χ0) is 11.5. The van der Waals surface area contributed by atoms with Crippen molar-refractivity contribution in [3.63, 3.8) is 0 Å². The molecule has 1 aliphatic heterocycles. The van der Waals surface area contributed by atoms with Gasteiger partial charge in [0.25, 0.3) is 0 Å². The third-order valence-corrected chi connectivity index (χ3v) is 2.74. The topological polar surface area (TPSA) is 70.3 Å². The van der Waals surface area contributed by atoms with Crippen molar-refractivity contribution in [2.45, 2.75) is 18.9 Å². The summed E-state index contributed by atoms with van der Waals surface area (Å²) in [5.41, 5.74) is 0.593. The molecule has 2 rings (SSSR count). The number of carbonyl (C=O) groups excluding carboxylic acids is 1. The van der Waals surface area contributed by atoms with Gasteiger partial charge in [-0.25, -0.2) is 4.79 Å². The molecule has 4 heteroatoms. The Morgan fingerprint density at radius 2 is 2.38 bits per heavy atom. The van der Waals surface area contributed by atoms with Crippen LogP contribution in [0.5, 0.6) is 0 Å². The molecule has 2 aliphatic rings. The van der Waals surface area contributed by atoms with Crippen LogP contribution >= 0.6 is 0 Å². The van der Waals surface area contributed by atoms with E-state index in [1.807, 2.05) is 12.2 Å². The lowest BCUT2D eigenvalue weighted by Gasteiger charge is -2.28. The van der Waals surface area contributed by atoms with Gasteiger partial charge < -0.3 is 9.84 Å². The lowest BCUT2D eigenvalue weighted by atomic mass is 9.85. The number of aliphatic hydroxyl groups excluding tert-OH is 1. The van der Waals surface area contributed by atoms with E-state index in [0.717, 1.165) is 6.08 Å². The number of carbonyl (C=O) groups is 1. The van der Waals surface area contributed by atoms with Gasteiger partial charge in [-0.2, -0.15) is 5.26 Å². The molecule has 82 valence electrons. The Balaban J connectivity index is 2.18. The second kappa shape index (κ2) is 4.23. The normalized spacial score (nSPS) is 28.8. The maximum absolute atomic E-state index is 11.1. The summed E-state index contributed by atoms with van der Waals surface area (Å²) in [6.45, 7) is 0. The lowest BCUT2D eigenvalue weighted by Crippen LogP contribution is -2.31. The summed E-state index contributed by atoms with van der Waals surface area (Å²) in [6.07, 6.45) is 7.04. The van der Waals surface area contributed by atoms with Crippen LogP contribution in [-0.4, -0.2) is 17.2 Å². The summed E-state index contributed by atoms with van der Waals surface area (Å²) in [4.78, 5) is 11.1. The van der Waals surface area contributed by atoms with E-state index in [1.165, 1.54) is 0 Å². The minimum atomic E-state index is -0.541. The van der Waals surface area contributed by atoms with Gasteiger partial charge in [0, 0.05) is 17.9 Å². The van der Waals surface area contributed by atoms with E-state index in [0.29, 0.717) is 12.0 Å². The molecule has 0 amide bonds. The summed E-state index contributed by atoms with van der Waals surface area (Å²) in [5, 5.41) is 18.3. The van der Waals surface area contributed by atoms with Crippen LogP contribution in [0, 0.1) is 17.2 Å². The minimum absolute atomic E-state index is 0.0214. The SMILES string of the molecule is N#CC1=CC=CCC1C1CC(O)=CC(=O)O1. The standard InChI is InChI=1S/C12H11NO3/c13-7-8-3-1-2-4-10(8)11-5-9(14)6-12(15)16-11/h1-3,6,10-11,14H,4-5H2. The quantitative estimate of drug-likeness (QED) is 0.679. The third kappa shape index (κ3) is 1.98. The van der Waals surface area contributed by atoms with Gasteiger partial charge in [0.2, 0.25) is 0 Å². The van der Waals surface area contributed by atoms with Gasteiger partial charge in [0.15, 0.2) is 0 Å². The first-order valence-electron chi connectivity index (χ1n) is 5.07. The van der Waals surface area contributed by atoms with Gasteiger partial charge in [-0.3, -0.25) is 0 Å². The maximum Gasteiger partial charge on any atom is 0.334 e. The van der Waals surface area contributed by atoms with Gasteiger partial charge in [-0.05, 0) is 12.5 Å². The molecule has 4 nitrogen and oxygen atoms in total. The molecule has 1 heterocycles. The molecule has 0 aromatic rings. The molecule has 0 spiro atoms. The Morgan fingerprint density at radius 3 is 3.06 bits per heavy atom. The summed E-state index contributed by atoms with van der Waals surface area (Å²) in [7, 11) is 0. The van der Waals surface area contributed by atoms with Gasteiger partial charge in [-0.1, -0.05) is 12.2 Å². The number of ether oxygens (including phenoxy) is 1. The number of nitrogens with zero attached hydrogens (tertiary/aromatic N) is 1. The van der Waals surface area contributed by atoms with E-state index < -0.39 is 12.1 Å². The van der Waals surface area contributed by atoms with Gasteiger partial charge in [0.05, 0.1) is 12.1 Å². The highest BCUT2D eigenvalue weighted by atomic mass is 16.5. The summed E-state index contributed by atoms with van der Waals surface area (Å²) in [5.74, 6) is -0.663. The van der Waals surface area contributed by atoms with Crippen molar-refractivity contribution in [2.24, 2.45) is 5.92 Å². The summed E-state index contributed by atoms with van der Waals surface area (Å²) in [6, 6.07) is 2.10. The van der Waals surface area contributed by atoms with Crippen molar-refractivity contribution in [1.29, 1.82) is 5.26 Å². The fourth-order valence-electron chi connectivity index (χ4n) is 1.97. The van der Waals surface area contributed by atoms with E-state index in [1.54, 1.807) is 6.08 Å². The number of cyclic esters (lactones) is 1. The molecular weight excluding hydrogens is 206 g/mol. The molecule has 0 aromatic carbocycles. The summed E-state index contributed by atoms with van der Waals surface area (Å²) >= 11 is 0. The first-order valence-corrected chi connectivity index (χ1v) is 5.07. The van der Waals surface area contributed by atoms with Gasteiger partial charge in [-0.15, -0.1) is 0 Å². The molecule has 1 N–H and O–H groups in total. The van der Waals surface area contributed by atoms with Crippen molar-refractivity contribution in [3.8, 4) is 6.07 Å². The van der Waals surface area contributed by atoms with E-state index in [2.05, 4.69) is 6.07 Å². The largest absolute Gasteiger partial charge is 0.512 e. The van der Waals surface area contributed by atoms with Crippen molar-refractivity contribution in [1.82, 2.24) is 0 Å². The van der Waals surface area contributed by atoms with Crippen LogP contribution in [0.2, 0.25) is 0 Å². The second-order valence-corrected chi connectivity index (χ2v) is 3.82. The van der Waals surface area contributed by atoms with E-state index in [-0.39, 0.29) is 18.1 Å². The molecule has 0 aromatic heterocycles. The molecule has 1 aliphatic carbocycles. The molecule has 0 saturated heterocycles. The molecule has 16 heavy (non-hydrogen) atoms. The molecule has 0 fully saturated rings. The van der Waals surface area contributed by atoms with Crippen molar-refractivity contribution >= 4 is 5.97 Å². The van der Waals surface area contributed by atoms with Crippen molar-refractivity contribution in [3.05, 3.63) is 35.6 Å². The van der Waals surface area contributed by atoms with E-state index >= 15 is 0 Å². The van der Waals surface area contributed by atoms with E-state index in [4.69, 9.17) is 10.00 Å². The van der Waals surface area contributed by atoms with Crippen LogP contribution in [0.3, 0.4) is 0 Å². The lowest BCUT2D eigenvalue weighted by molar-refractivity contribution is -0.147. The number of esters is 1. The Hall–Kier alpha value is -2.02. The van der Waals surface area contributed by atoms with Crippen LogP contribution in [0.25, 0.3) is 0 Å². The fourth-order valence-corrected chi connectivity index (χ4v) is 1.97. The highest BCUT2D eigenvalue weighted by Gasteiger charge is 2.31. The monoisotopic (exact) mass is 217 g/mol. The Morgan fingerprint density at radius 1 is 1.56 bits per heavy atom. The van der Waals surface area contributed by atoms with Crippen molar-refractivity contribution < 1.29 is 14.6 Å². The molecule has 2 unspecified atom stereocenters. The molecule has 2 atom stereocenters. The Labute approximate surface area is 93.1 Å². The van der Waals surface area contributed by atoms with Crippen LogP contribution in [0.15, 0.2) is 35.6 Å². The van der Waals surface area contributed by atoms with Crippen molar-refractivity contribution in [2.75, 3.05) is 0 Å². The predicted octanol–water partition coefficient (Wildman–Crippen LogP) is 1.77. The average molecular weight is 217 g/mol. The number of rotatable bonds is 1. The minimum Gasteiger partial charge on any atom is -0.512 e. The zero-order valence-electron chi connectivity index (χ0n) is 8.59. The van der Waals surface area contributed by atoms with Crippen LogP contribution in [-0.2, 0) is 9.53 Å². The first kappa shape index (κ1) is 10.5. The number of hydrogen-bond acceptors (Lipinski definition) is 4. The highest BCUT2D eigenvalue weighted by molar-refractivity contribution is 5.83. The third-order valence-electron chi connectivity index (χ3n) is 2.74. The highest BCUT2D eigenvalue weighted by Crippen LogP contribution is 2.30. The average Bonchev–Trinajstić information content (AvgIpc) is 2.27. The molecule has 0 radical (unpaired) electrons. The Kier molecular flexibility index (Phi) is 2.78. The summed E-state index contributed by atoms with van der Waals surface area (Å²) < 4.78 is 5.13. The first-order chi connectivity index (χ1) is 7.70. The van der Waals surface area contributed by atoms with Crippen LogP contribution in [0.4, 0.5) is 0 Å². The fraction of sp³-hybridized carbons (Fsp3) is 0.333. The number of hydrogen-bond donors (Lipinski definition) is 1. The van der Waals surface area contributed by atoms with Crippen LogP contribution < -0.4 is 0 Å². The number of allylic oxidation sites excluding steroid dienone is 3. The van der Waals surface area contributed by atoms with Gasteiger partial charge >= 0.3 is 5.97 Å².